The van der Waals surface area contributed by atoms with Gasteiger partial charge in [-0.2, -0.15) is 8.42 Å². The van der Waals surface area contributed by atoms with Crippen LogP contribution in [0, 0.1) is 0 Å². The molecule has 0 aromatic heterocycles. The van der Waals surface area contributed by atoms with Crippen LogP contribution in [0.15, 0.2) is 48.5 Å². The second-order valence-corrected chi connectivity index (χ2v) is 12.9. The summed E-state index contributed by atoms with van der Waals surface area (Å²) in [4.78, 5) is 2.38. The van der Waals surface area contributed by atoms with Gasteiger partial charge in [0.25, 0.3) is 10.1 Å². The minimum atomic E-state index is -3.33. The maximum atomic E-state index is 10.6. The molecule has 12 heteroatoms. The number of benzene rings is 2. The summed E-state index contributed by atoms with van der Waals surface area (Å²) in [6.45, 7) is 10.5. The van der Waals surface area contributed by atoms with E-state index in [1.54, 1.807) is 12.1 Å². The Labute approximate surface area is 231 Å². The maximum absolute atomic E-state index is 10.6. The molecule has 1 N–H and O–H groups in total. The number of rotatable bonds is 9. The number of nitrogens with zero attached hydrogens (tertiary/aromatic N) is 1. The van der Waals surface area contributed by atoms with Crippen LogP contribution in [-0.2, 0) is 36.2 Å². The highest BCUT2D eigenvalue weighted by Crippen LogP contribution is 2.10. The topological polar surface area (TPSA) is 101 Å². The van der Waals surface area contributed by atoms with E-state index < -0.39 is 19.2 Å². The van der Waals surface area contributed by atoms with Gasteiger partial charge >= 0.3 is 0 Å². The number of hydrogen-bond acceptors (Lipinski definition) is 7. The Balaban J connectivity index is 0. The predicted octanol–water partition coefficient (Wildman–Crippen LogP) is 5.27. The van der Waals surface area contributed by atoms with E-state index in [9.17, 15) is 16.8 Å². The molecule has 0 saturated carbocycles. The molecule has 2 rings (SSSR count). The molecule has 208 valence electrons. The van der Waals surface area contributed by atoms with Crippen LogP contribution in [0.2, 0.25) is 10.0 Å². The van der Waals surface area contributed by atoms with Crippen LogP contribution in [0.3, 0.4) is 0 Å². The summed E-state index contributed by atoms with van der Waals surface area (Å²) in [6.07, 6.45) is 3.23. The zero-order valence-corrected chi connectivity index (χ0v) is 25.4. The molecule has 0 spiro atoms. The highest BCUT2D eigenvalue weighted by atomic mass is 35.7. The van der Waals surface area contributed by atoms with Crippen molar-refractivity contribution >= 4 is 53.1 Å². The van der Waals surface area contributed by atoms with Crippen molar-refractivity contribution < 1.29 is 26.1 Å². The van der Waals surface area contributed by atoms with Crippen LogP contribution in [0.5, 0.6) is 0 Å². The lowest BCUT2D eigenvalue weighted by atomic mass is 10.2. The van der Waals surface area contributed by atoms with Crippen LogP contribution >= 0.6 is 33.9 Å². The van der Waals surface area contributed by atoms with Crippen molar-refractivity contribution in [3.05, 3.63) is 69.7 Å². The van der Waals surface area contributed by atoms with Gasteiger partial charge in [-0.15, -0.1) is 0 Å². The van der Waals surface area contributed by atoms with Crippen LogP contribution in [0.25, 0.3) is 0 Å². The Hall–Kier alpha value is -0.910. The molecule has 7 nitrogen and oxygen atoms in total. The van der Waals surface area contributed by atoms with E-state index in [0.29, 0.717) is 17.9 Å². The predicted molar refractivity (Wildman–Crippen MR) is 152 cm³/mol. The summed E-state index contributed by atoms with van der Waals surface area (Å²) in [5.74, 6) is 0. The molecule has 0 atom stereocenters. The van der Waals surface area contributed by atoms with E-state index >= 15 is 0 Å². The van der Waals surface area contributed by atoms with Crippen molar-refractivity contribution in [2.75, 3.05) is 45.4 Å². The molecule has 0 unspecified atom stereocenters. The molecule has 2 aromatic carbocycles. The van der Waals surface area contributed by atoms with Gasteiger partial charge < -0.3 is 10.0 Å². The Morgan fingerprint density at radius 2 is 1.08 bits per heavy atom. The highest BCUT2D eigenvalue weighted by Gasteiger charge is 2.01. The molecule has 2 aromatic rings. The van der Waals surface area contributed by atoms with Crippen molar-refractivity contribution in [1.29, 1.82) is 0 Å². The van der Waals surface area contributed by atoms with Gasteiger partial charge in [0.1, 0.15) is 0 Å². The standard InChI is InChI=1S/C9H11ClO3S.C8H9ClO.C6H15N.CH3ClO2S/c1-14(11,12)13-7-6-8-2-4-9(10)5-3-8;9-8-3-1-7(2-4-8)5-6-10;1-4-7(5-2)6-3;1-5(2,3)4/h2-5H,6-7H2,1H3;1-4,10H,5-6H2;4-6H2,1-3H3;1H3. The van der Waals surface area contributed by atoms with Gasteiger partial charge in [0.05, 0.1) is 19.1 Å². The van der Waals surface area contributed by atoms with Gasteiger partial charge in [0, 0.05) is 27.3 Å². The fourth-order valence-electron chi connectivity index (χ4n) is 2.41. The summed E-state index contributed by atoms with van der Waals surface area (Å²) in [6, 6.07) is 14.7. The highest BCUT2D eigenvalue weighted by molar-refractivity contribution is 8.13. The van der Waals surface area contributed by atoms with Crippen molar-refractivity contribution in [2.24, 2.45) is 0 Å². The molecule has 0 aliphatic rings. The molecule has 0 saturated heterocycles. The zero-order valence-electron chi connectivity index (χ0n) is 21.5. The number of halogens is 3. The van der Waals surface area contributed by atoms with E-state index in [4.69, 9.17) is 28.3 Å². The molecule has 0 radical (unpaired) electrons. The molecule has 0 bridgehead atoms. The van der Waals surface area contributed by atoms with E-state index in [1.165, 1.54) is 19.6 Å². The summed E-state index contributed by atoms with van der Waals surface area (Å²) >= 11 is 11.3. The summed E-state index contributed by atoms with van der Waals surface area (Å²) in [5.41, 5.74) is 2.12. The average Bonchev–Trinajstić information content (AvgIpc) is 2.77. The van der Waals surface area contributed by atoms with Gasteiger partial charge in [-0.05, 0) is 67.9 Å². The fourth-order valence-corrected chi connectivity index (χ4v) is 3.05. The molecular weight excluding hydrogens is 569 g/mol. The summed E-state index contributed by atoms with van der Waals surface area (Å²) in [7, 11) is -2.02. The van der Waals surface area contributed by atoms with E-state index in [0.717, 1.165) is 28.7 Å². The second-order valence-electron chi connectivity index (χ2n) is 7.30. The van der Waals surface area contributed by atoms with Gasteiger partial charge in [-0.3, -0.25) is 4.18 Å². The average molecular weight is 607 g/mol. The quantitative estimate of drug-likeness (QED) is 0.307. The summed E-state index contributed by atoms with van der Waals surface area (Å²) < 4.78 is 44.7. The van der Waals surface area contributed by atoms with Crippen LogP contribution in [0.1, 0.15) is 31.9 Å². The number of aliphatic hydroxyl groups is 1. The van der Waals surface area contributed by atoms with Crippen LogP contribution < -0.4 is 0 Å². The lowest BCUT2D eigenvalue weighted by Crippen LogP contribution is -2.21. The smallest absolute Gasteiger partial charge is 0.264 e. The first-order chi connectivity index (χ1) is 16.6. The lowest BCUT2D eigenvalue weighted by molar-refractivity contribution is 0.299. The molecular formula is C24H38Cl3NO6S2. The Bertz CT molecular complexity index is 999. The monoisotopic (exact) mass is 605 g/mol. The second kappa shape index (κ2) is 21.1. The van der Waals surface area contributed by atoms with Crippen molar-refractivity contribution in [3.8, 4) is 0 Å². The largest absolute Gasteiger partial charge is 0.396 e. The van der Waals surface area contributed by atoms with Crippen LogP contribution in [-0.4, -0.2) is 72.2 Å². The SMILES string of the molecule is CCN(CC)CC.CS(=O)(=O)Cl.CS(=O)(=O)OCCc1ccc(Cl)cc1.OCCc1ccc(Cl)cc1. The van der Waals surface area contributed by atoms with E-state index in [2.05, 4.69) is 40.5 Å². The molecule has 36 heavy (non-hydrogen) atoms. The first-order valence-electron chi connectivity index (χ1n) is 11.2. The van der Waals surface area contributed by atoms with Gasteiger partial charge in [0.2, 0.25) is 9.05 Å². The molecule has 0 fully saturated rings. The number of hydrogen-bond donors (Lipinski definition) is 1. The van der Waals surface area contributed by atoms with Gasteiger partial charge in [-0.1, -0.05) is 68.2 Å². The van der Waals surface area contributed by atoms with Crippen LogP contribution in [0.4, 0.5) is 0 Å². The normalized spacial score (nSPS) is 10.8. The van der Waals surface area contributed by atoms with Crippen molar-refractivity contribution in [3.63, 3.8) is 0 Å². The fraction of sp³-hybridized carbons (Fsp3) is 0.500. The van der Waals surface area contributed by atoms with E-state index in [1.807, 2.05) is 36.4 Å². The van der Waals surface area contributed by atoms with Gasteiger partial charge in [-0.25, -0.2) is 8.42 Å². The summed E-state index contributed by atoms with van der Waals surface area (Å²) in [5, 5.41) is 9.96. The number of aliphatic hydroxyl groups excluding tert-OH is 1. The lowest BCUT2D eigenvalue weighted by Gasteiger charge is -2.13. The Morgan fingerprint density at radius 1 is 0.750 bits per heavy atom. The molecule has 0 heterocycles. The third-order valence-corrected chi connectivity index (χ3v) is 5.36. The minimum Gasteiger partial charge on any atom is -0.396 e. The van der Waals surface area contributed by atoms with Crippen molar-refractivity contribution in [2.45, 2.75) is 33.6 Å². The third-order valence-electron chi connectivity index (χ3n) is 4.26. The molecule has 0 amide bonds. The zero-order chi connectivity index (χ0) is 28.2. The third kappa shape index (κ3) is 27.7. The van der Waals surface area contributed by atoms with Crippen molar-refractivity contribution in [1.82, 2.24) is 4.90 Å². The first kappa shape index (κ1) is 37.2. The molecule has 0 aliphatic heterocycles. The van der Waals surface area contributed by atoms with Gasteiger partial charge in [0.15, 0.2) is 0 Å². The molecule has 0 aliphatic carbocycles. The minimum absolute atomic E-state index is 0.167. The van der Waals surface area contributed by atoms with E-state index in [-0.39, 0.29) is 13.2 Å². The maximum Gasteiger partial charge on any atom is 0.264 e. The Morgan fingerprint density at radius 3 is 1.33 bits per heavy atom. The first-order valence-corrected chi connectivity index (χ1v) is 16.5. The Kier molecular flexibility index (Phi) is 21.8.